The number of carbonyl (C=O) groups is 1. The second kappa shape index (κ2) is 6.86. The van der Waals surface area contributed by atoms with E-state index in [9.17, 15) is 4.79 Å². The monoisotopic (exact) mass is 228 g/mol. The molecule has 1 fully saturated rings. The smallest absolute Gasteiger partial charge is 0.303 e. The van der Waals surface area contributed by atoms with Crippen molar-refractivity contribution < 1.29 is 9.90 Å². The predicted octanol–water partition coefficient (Wildman–Crippen LogP) is 1.27. The highest BCUT2D eigenvalue weighted by molar-refractivity contribution is 5.66. The quantitative estimate of drug-likeness (QED) is 0.769. The lowest BCUT2D eigenvalue weighted by Crippen LogP contribution is -2.33. The van der Waals surface area contributed by atoms with E-state index in [1.54, 1.807) is 0 Å². The van der Waals surface area contributed by atoms with Crippen LogP contribution in [0.3, 0.4) is 0 Å². The van der Waals surface area contributed by atoms with Gasteiger partial charge in [0, 0.05) is 12.5 Å². The minimum absolute atomic E-state index is 0.289. The largest absolute Gasteiger partial charge is 0.481 e. The minimum Gasteiger partial charge on any atom is -0.481 e. The molecule has 0 aromatic heterocycles. The maximum Gasteiger partial charge on any atom is 0.303 e. The Bertz CT molecular complexity index is 221. The Morgan fingerprint density at radius 2 is 2.19 bits per heavy atom. The van der Waals surface area contributed by atoms with E-state index in [1.165, 1.54) is 25.8 Å². The average Bonchev–Trinajstić information content (AvgIpc) is 2.42. The molecule has 4 nitrogen and oxygen atoms in total. The summed E-state index contributed by atoms with van der Waals surface area (Å²) in [6.07, 6.45) is 4.76. The number of carboxylic acids is 1. The highest BCUT2D eigenvalue weighted by atomic mass is 16.4. The lowest BCUT2D eigenvalue weighted by atomic mass is 10.1. The number of carboxylic acid groups (broad SMARTS) is 1. The number of likely N-dealkylation sites (tertiary alicyclic amines) is 1. The molecule has 4 heteroatoms. The molecular weight excluding hydrogens is 204 g/mol. The van der Waals surface area contributed by atoms with Gasteiger partial charge in [0.2, 0.25) is 0 Å². The molecule has 0 bridgehead atoms. The van der Waals surface area contributed by atoms with E-state index in [-0.39, 0.29) is 6.42 Å². The second-order valence-electron chi connectivity index (χ2n) is 4.87. The van der Waals surface area contributed by atoms with Gasteiger partial charge in [-0.05, 0) is 59.4 Å². The number of rotatable bonds is 5. The highest BCUT2D eigenvalue weighted by Crippen LogP contribution is 2.15. The summed E-state index contributed by atoms with van der Waals surface area (Å²) >= 11 is 0. The maximum atomic E-state index is 10.4. The van der Waals surface area contributed by atoms with Crippen LogP contribution in [0.4, 0.5) is 0 Å². The molecule has 0 aromatic carbocycles. The van der Waals surface area contributed by atoms with Crippen LogP contribution in [-0.2, 0) is 4.79 Å². The normalized spacial score (nSPS) is 23.3. The maximum absolute atomic E-state index is 10.4. The molecule has 0 spiro atoms. The molecule has 0 aromatic rings. The predicted molar refractivity (Wildman–Crippen MR) is 64.6 cm³/mol. The molecule has 1 heterocycles. The third kappa shape index (κ3) is 4.94. The van der Waals surface area contributed by atoms with Gasteiger partial charge in [-0.15, -0.1) is 0 Å². The summed E-state index contributed by atoms with van der Waals surface area (Å²) in [5, 5.41) is 8.59. The number of aliphatic carboxylic acids is 1. The first-order chi connectivity index (χ1) is 7.59. The van der Waals surface area contributed by atoms with Crippen LogP contribution in [0.2, 0.25) is 0 Å². The van der Waals surface area contributed by atoms with E-state index in [0.29, 0.717) is 6.04 Å². The van der Waals surface area contributed by atoms with E-state index >= 15 is 0 Å². The van der Waals surface area contributed by atoms with Crippen molar-refractivity contribution in [1.29, 1.82) is 0 Å². The zero-order valence-corrected chi connectivity index (χ0v) is 10.5. The average molecular weight is 228 g/mol. The Morgan fingerprint density at radius 1 is 1.44 bits per heavy atom. The van der Waals surface area contributed by atoms with E-state index in [0.717, 1.165) is 19.5 Å². The van der Waals surface area contributed by atoms with Gasteiger partial charge in [0.15, 0.2) is 0 Å². The summed E-state index contributed by atoms with van der Waals surface area (Å²) in [5.41, 5.74) is 0. The molecule has 0 radical (unpaired) electrons. The van der Waals surface area contributed by atoms with Crippen LogP contribution in [0.25, 0.3) is 0 Å². The molecule has 1 aliphatic rings. The van der Waals surface area contributed by atoms with Gasteiger partial charge in [0.05, 0.1) is 0 Å². The van der Waals surface area contributed by atoms with Gasteiger partial charge < -0.3 is 14.9 Å². The first-order valence-electron chi connectivity index (χ1n) is 6.20. The molecule has 0 amide bonds. The Kier molecular flexibility index (Phi) is 5.77. The minimum atomic E-state index is -0.686. The molecule has 0 aliphatic carbocycles. The summed E-state index contributed by atoms with van der Waals surface area (Å²) in [4.78, 5) is 15.1. The zero-order valence-electron chi connectivity index (χ0n) is 10.5. The van der Waals surface area contributed by atoms with Gasteiger partial charge in [-0.25, -0.2) is 0 Å². The van der Waals surface area contributed by atoms with Gasteiger partial charge in [-0.2, -0.15) is 0 Å². The van der Waals surface area contributed by atoms with Crippen LogP contribution < -0.4 is 0 Å². The Balaban J connectivity index is 2.24. The van der Waals surface area contributed by atoms with E-state index in [4.69, 9.17) is 5.11 Å². The summed E-state index contributed by atoms with van der Waals surface area (Å²) in [6, 6.07) is 0.638. The van der Waals surface area contributed by atoms with E-state index in [2.05, 4.69) is 23.9 Å². The van der Waals surface area contributed by atoms with E-state index in [1.807, 2.05) is 0 Å². The van der Waals surface area contributed by atoms with Crippen molar-refractivity contribution in [2.75, 3.05) is 33.7 Å². The number of nitrogens with zero attached hydrogens (tertiary/aromatic N) is 2. The molecule has 94 valence electrons. The Morgan fingerprint density at radius 3 is 2.88 bits per heavy atom. The Labute approximate surface area is 98.2 Å². The van der Waals surface area contributed by atoms with Gasteiger partial charge >= 0.3 is 5.97 Å². The van der Waals surface area contributed by atoms with Gasteiger partial charge in [0.25, 0.3) is 0 Å². The molecule has 1 saturated heterocycles. The molecule has 0 saturated carbocycles. The fraction of sp³-hybridized carbons (Fsp3) is 0.917. The number of hydrogen-bond donors (Lipinski definition) is 1. The molecular formula is C12H24N2O2. The molecule has 1 aliphatic heterocycles. The standard InChI is InChI=1S/C12H24N2O2/c1-13-8-3-5-11(7-10-13)14(2)9-4-6-12(15)16/h11H,3-10H2,1-2H3,(H,15,16). The van der Waals surface area contributed by atoms with Crippen LogP contribution in [0, 0.1) is 0 Å². The topological polar surface area (TPSA) is 43.8 Å². The zero-order chi connectivity index (χ0) is 12.0. The molecule has 1 atom stereocenters. The van der Waals surface area contributed by atoms with Crippen molar-refractivity contribution in [3.05, 3.63) is 0 Å². The van der Waals surface area contributed by atoms with Crippen molar-refractivity contribution in [2.45, 2.75) is 38.1 Å². The van der Waals surface area contributed by atoms with Crippen molar-refractivity contribution in [3.8, 4) is 0 Å². The van der Waals surface area contributed by atoms with Gasteiger partial charge in [0.1, 0.15) is 0 Å². The van der Waals surface area contributed by atoms with Gasteiger partial charge in [-0.1, -0.05) is 0 Å². The number of hydrogen-bond acceptors (Lipinski definition) is 3. The first-order valence-corrected chi connectivity index (χ1v) is 6.20. The van der Waals surface area contributed by atoms with Crippen LogP contribution in [0.15, 0.2) is 0 Å². The lowest BCUT2D eigenvalue weighted by Gasteiger charge is -2.26. The van der Waals surface area contributed by atoms with Crippen LogP contribution in [0.5, 0.6) is 0 Å². The summed E-state index contributed by atoms with van der Waals surface area (Å²) in [5.74, 6) is -0.686. The second-order valence-corrected chi connectivity index (χ2v) is 4.87. The highest BCUT2D eigenvalue weighted by Gasteiger charge is 2.18. The van der Waals surface area contributed by atoms with Crippen molar-refractivity contribution in [1.82, 2.24) is 9.80 Å². The third-order valence-electron chi connectivity index (χ3n) is 3.45. The van der Waals surface area contributed by atoms with Gasteiger partial charge in [-0.3, -0.25) is 4.79 Å². The van der Waals surface area contributed by atoms with Crippen molar-refractivity contribution in [3.63, 3.8) is 0 Å². The first kappa shape index (κ1) is 13.5. The fourth-order valence-corrected chi connectivity index (χ4v) is 2.33. The molecule has 16 heavy (non-hydrogen) atoms. The summed E-state index contributed by atoms with van der Waals surface area (Å²) in [6.45, 7) is 3.26. The molecule has 1 N–H and O–H groups in total. The van der Waals surface area contributed by atoms with Crippen molar-refractivity contribution in [2.24, 2.45) is 0 Å². The molecule has 1 rings (SSSR count). The van der Waals surface area contributed by atoms with Crippen LogP contribution >= 0.6 is 0 Å². The van der Waals surface area contributed by atoms with Crippen LogP contribution in [0.1, 0.15) is 32.1 Å². The molecule has 1 unspecified atom stereocenters. The van der Waals surface area contributed by atoms with Crippen LogP contribution in [-0.4, -0.2) is 60.6 Å². The summed E-state index contributed by atoms with van der Waals surface area (Å²) < 4.78 is 0. The van der Waals surface area contributed by atoms with Crippen molar-refractivity contribution >= 4 is 5.97 Å². The summed E-state index contributed by atoms with van der Waals surface area (Å²) in [7, 11) is 4.30. The fourth-order valence-electron chi connectivity index (χ4n) is 2.33. The SMILES string of the molecule is CN1CCCC(N(C)CCCC(=O)O)CC1. The van der Waals surface area contributed by atoms with E-state index < -0.39 is 5.97 Å². The Hall–Kier alpha value is -0.610. The third-order valence-corrected chi connectivity index (χ3v) is 3.45. The lowest BCUT2D eigenvalue weighted by molar-refractivity contribution is -0.137.